The van der Waals surface area contributed by atoms with Crippen molar-refractivity contribution >= 4 is 17.6 Å². The van der Waals surface area contributed by atoms with Crippen LogP contribution in [0.15, 0.2) is 24.3 Å². The molecule has 7 nitrogen and oxygen atoms in total. The Kier molecular flexibility index (Phi) is 9.13. The summed E-state index contributed by atoms with van der Waals surface area (Å²) in [6.07, 6.45) is 0.00424. The van der Waals surface area contributed by atoms with Gasteiger partial charge in [-0.1, -0.05) is 19.3 Å². The summed E-state index contributed by atoms with van der Waals surface area (Å²) in [5.41, 5.74) is 0. The Hall–Kier alpha value is -2.76. The number of Topliss-reactive ketones (excluding diaryl/α,β-unsaturated/α-hetero) is 1. The molecule has 0 radical (unpaired) electrons. The molecule has 3 aliphatic rings. The van der Waals surface area contributed by atoms with Gasteiger partial charge in [0.1, 0.15) is 18.1 Å². The molecule has 2 amide bonds. The predicted molar refractivity (Wildman–Crippen MR) is 131 cm³/mol. The fraction of sp³-hybridized carbons (Fsp3) is 0.667. The van der Waals surface area contributed by atoms with Crippen molar-refractivity contribution in [1.82, 2.24) is 16.0 Å². The van der Waals surface area contributed by atoms with Crippen LogP contribution in [0.2, 0.25) is 0 Å². The van der Waals surface area contributed by atoms with E-state index in [1.54, 1.807) is 0 Å². The quantitative estimate of drug-likeness (QED) is 0.209. The molecule has 0 bridgehead atoms. The Morgan fingerprint density at radius 2 is 1.59 bits per heavy atom. The zero-order valence-electron chi connectivity index (χ0n) is 21.5. The van der Waals surface area contributed by atoms with Crippen molar-refractivity contribution in [3.05, 3.63) is 30.1 Å². The van der Waals surface area contributed by atoms with Gasteiger partial charge in [0.25, 0.3) is 5.91 Å². The fourth-order valence-corrected chi connectivity index (χ4v) is 4.55. The number of hydrogen-bond acceptors (Lipinski definition) is 5. The molecule has 2 atom stereocenters. The predicted octanol–water partition coefficient (Wildman–Crippen LogP) is 4.10. The monoisotopic (exact) mass is 559 g/mol. The Morgan fingerprint density at radius 3 is 2.15 bits per heavy atom. The Bertz CT molecular complexity index is 1030. The van der Waals surface area contributed by atoms with Gasteiger partial charge < -0.3 is 15.4 Å². The van der Waals surface area contributed by atoms with Crippen LogP contribution in [0, 0.1) is 17.7 Å². The van der Waals surface area contributed by atoms with Gasteiger partial charge in [-0.15, -0.1) is 0 Å². The standard InChI is InChI=1S/C27H34F5N3O4/c28-18-6-10-20(11-7-18)39-27(31,32)15-33-22(14-26(29,30)13-17-4-5-17)24(37)35-21(12-16-2-1-3-16)23(36)25(38)34-19-8-9-19/h6-7,10-11,16-17,19,21-22,33H,1-5,8-9,12-15H2,(H,34,38)(H,35,37)/t21-,22-/m0/s1. The SMILES string of the molecule is O=C(NC1CC1)C(=O)[C@H](CC1CCC1)NC(=O)[C@H](CC(F)(F)CC1CC1)NCC(F)(F)Oc1ccc(F)cc1. The fourth-order valence-electron chi connectivity index (χ4n) is 4.55. The minimum atomic E-state index is -3.92. The molecule has 3 saturated carbocycles. The molecule has 1 aromatic carbocycles. The topological polar surface area (TPSA) is 96.5 Å². The van der Waals surface area contributed by atoms with E-state index in [0.29, 0.717) is 12.8 Å². The molecule has 0 aromatic heterocycles. The van der Waals surface area contributed by atoms with Crippen molar-refractivity contribution in [1.29, 1.82) is 0 Å². The largest absolute Gasteiger partial charge is 0.432 e. The number of carbonyl (C=O) groups is 3. The number of rotatable bonds is 16. The van der Waals surface area contributed by atoms with E-state index in [1.165, 1.54) is 0 Å². The first-order valence-corrected chi connectivity index (χ1v) is 13.5. The Labute approximate surface area is 223 Å². The van der Waals surface area contributed by atoms with Crippen LogP contribution in [0.3, 0.4) is 0 Å². The van der Waals surface area contributed by atoms with Crippen molar-refractivity contribution in [2.75, 3.05) is 6.54 Å². The van der Waals surface area contributed by atoms with Crippen molar-refractivity contribution in [2.45, 2.75) is 94.4 Å². The molecule has 0 saturated heterocycles. The second-order valence-electron chi connectivity index (χ2n) is 11.0. The van der Waals surface area contributed by atoms with Crippen LogP contribution in [0.4, 0.5) is 22.0 Å². The minimum Gasteiger partial charge on any atom is -0.432 e. The van der Waals surface area contributed by atoms with Crippen molar-refractivity contribution in [3.8, 4) is 5.75 Å². The summed E-state index contributed by atoms with van der Waals surface area (Å²) in [4.78, 5) is 38.4. The third-order valence-electron chi connectivity index (χ3n) is 7.30. The van der Waals surface area contributed by atoms with Crippen LogP contribution in [0.25, 0.3) is 0 Å². The molecule has 3 aliphatic carbocycles. The van der Waals surface area contributed by atoms with Gasteiger partial charge in [-0.05, 0) is 68.2 Å². The summed E-state index contributed by atoms with van der Waals surface area (Å²) >= 11 is 0. The van der Waals surface area contributed by atoms with Crippen LogP contribution in [0.1, 0.15) is 64.2 Å². The molecular formula is C27H34F5N3O4. The van der Waals surface area contributed by atoms with Crippen LogP contribution in [-0.2, 0) is 14.4 Å². The number of nitrogens with one attached hydrogen (secondary N) is 3. The molecule has 216 valence electrons. The van der Waals surface area contributed by atoms with Crippen LogP contribution < -0.4 is 20.7 Å². The van der Waals surface area contributed by atoms with E-state index in [1.807, 2.05) is 0 Å². The molecule has 4 rings (SSSR count). The van der Waals surface area contributed by atoms with Gasteiger partial charge >= 0.3 is 6.11 Å². The first-order valence-electron chi connectivity index (χ1n) is 13.5. The van der Waals surface area contributed by atoms with Gasteiger partial charge in [-0.3, -0.25) is 19.7 Å². The van der Waals surface area contributed by atoms with Gasteiger partial charge in [-0.25, -0.2) is 13.2 Å². The lowest BCUT2D eigenvalue weighted by atomic mass is 9.80. The van der Waals surface area contributed by atoms with Crippen LogP contribution in [0.5, 0.6) is 5.75 Å². The summed E-state index contributed by atoms with van der Waals surface area (Å²) in [7, 11) is 0. The Balaban J connectivity index is 1.43. The number of hydrogen-bond donors (Lipinski definition) is 3. The maximum Gasteiger partial charge on any atom is 0.410 e. The highest BCUT2D eigenvalue weighted by atomic mass is 19.3. The number of ketones is 1. The maximum atomic E-state index is 14.8. The molecule has 0 heterocycles. The average Bonchev–Trinajstić information content (AvgIpc) is 3.76. The summed E-state index contributed by atoms with van der Waals surface area (Å²) in [5, 5.41) is 7.16. The van der Waals surface area contributed by atoms with E-state index in [4.69, 9.17) is 0 Å². The third kappa shape index (κ3) is 9.44. The molecule has 0 unspecified atom stereocenters. The van der Waals surface area contributed by atoms with Crippen LogP contribution >= 0.6 is 0 Å². The van der Waals surface area contributed by atoms with E-state index in [2.05, 4.69) is 20.7 Å². The van der Waals surface area contributed by atoms with Gasteiger partial charge in [0.15, 0.2) is 0 Å². The number of carbonyl (C=O) groups excluding carboxylic acids is 3. The van der Waals surface area contributed by atoms with E-state index in [9.17, 15) is 36.3 Å². The van der Waals surface area contributed by atoms with E-state index >= 15 is 0 Å². The van der Waals surface area contributed by atoms with Gasteiger partial charge in [-0.2, -0.15) is 8.78 Å². The smallest absolute Gasteiger partial charge is 0.410 e. The van der Waals surface area contributed by atoms with Crippen molar-refractivity contribution in [3.63, 3.8) is 0 Å². The first kappa shape index (κ1) is 29.2. The van der Waals surface area contributed by atoms with Gasteiger partial charge in [0, 0.05) is 18.9 Å². The molecule has 3 fully saturated rings. The average molecular weight is 560 g/mol. The van der Waals surface area contributed by atoms with Gasteiger partial charge in [0.2, 0.25) is 17.6 Å². The molecule has 0 spiro atoms. The second-order valence-corrected chi connectivity index (χ2v) is 11.0. The molecule has 1 aromatic rings. The summed E-state index contributed by atoms with van der Waals surface area (Å²) < 4.78 is 76.3. The van der Waals surface area contributed by atoms with Crippen LogP contribution in [-0.4, -0.2) is 54.3 Å². The lowest BCUT2D eigenvalue weighted by Gasteiger charge is -2.31. The number of halogens is 5. The minimum absolute atomic E-state index is 0.0872. The second kappa shape index (κ2) is 12.2. The highest BCUT2D eigenvalue weighted by Gasteiger charge is 2.43. The molecule has 39 heavy (non-hydrogen) atoms. The number of benzene rings is 1. The number of alkyl halides is 4. The lowest BCUT2D eigenvalue weighted by Crippen LogP contribution is -2.56. The van der Waals surface area contributed by atoms with Crippen molar-refractivity contribution < 1.29 is 41.1 Å². The highest BCUT2D eigenvalue weighted by Crippen LogP contribution is 2.41. The summed E-state index contributed by atoms with van der Waals surface area (Å²) in [6, 6.07) is 0.684. The number of amides is 2. The zero-order chi connectivity index (χ0) is 28.2. The molecule has 3 N–H and O–H groups in total. The zero-order valence-corrected chi connectivity index (χ0v) is 21.5. The lowest BCUT2D eigenvalue weighted by molar-refractivity contribution is -0.174. The van der Waals surface area contributed by atoms with E-state index in [-0.39, 0.29) is 30.0 Å². The Morgan fingerprint density at radius 1 is 0.923 bits per heavy atom. The molecule has 12 heteroatoms. The normalized spacial score (nSPS) is 19.5. The summed E-state index contributed by atoms with van der Waals surface area (Å²) in [5.74, 6) is -7.23. The first-order chi connectivity index (χ1) is 18.4. The maximum absolute atomic E-state index is 14.8. The van der Waals surface area contributed by atoms with Crippen molar-refractivity contribution in [2.24, 2.45) is 11.8 Å². The van der Waals surface area contributed by atoms with E-state index in [0.717, 1.165) is 56.4 Å². The third-order valence-corrected chi connectivity index (χ3v) is 7.30. The molecular weight excluding hydrogens is 525 g/mol. The van der Waals surface area contributed by atoms with E-state index < -0.39 is 66.9 Å². The van der Waals surface area contributed by atoms with Gasteiger partial charge in [0.05, 0.1) is 12.1 Å². The highest BCUT2D eigenvalue weighted by molar-refractivity contribution is 6.38. The number of ether oxygens (including phenoxy) is 1. The molecule has 0 aliphatic heterocycles. The summed E-state index contributed by atoms with van der Waals surface area (Å²) in [6.45, 7) is -1.30.